The van der Waals surface area contributed by atoms with Crippen molar-refractivity contribution in [2.45, 2.75) is 37.6 Å². The first kappa shape index (κ1) is 17.9. The summed E-state index contributed by atoms with van der Waals surface area (Å²) in [5.74, 6) is -0.133. The molecule has 0 saturated carbocycles. The fourth-order valence-corrected chi connectivity index (χ4v) is 4.12. The predicted molar refractivity (Wildman–Crippen MR) is 89.4 cm³/mol. The van der Waals surface area contributed by atoms with Crippen LogP contribution in [-0.4, -0.2) is 55.8 Å². The fourth-order valence-electron chi connectivity index (χ4n) is 2.70. The molecule has 1 aromatic carbocycles. The Hall–Kier alpha value is -1.44. The van der Waals surface area contributed by atoms with Crippen LogP contribution in [0.3, 0.4) is 0 Å². The van der Waals surface area contributed by atoms with Crippen molar-refractivity contribution in [3.05, 3.63) is 29.8 Å². The van der Waals surface area contributed by atoms with Crippen LogP contribution in [0.15, 0.2) is 29.2 Å². The number of aryl methyl sites for hydroxylation is 1. The van der Waals surface area contributed by atoms with Gasteiger partial charge in [-0.2, -0.15) is 4.31 Å². The molecule has 1 saturated heterocycles. The largest absolute Gasteiger partial charge is 0.339 e. The molecule has 1 atom stereocenters. The minimum atomic E-state index is -3.50. The number of carbonyl (C=O) groups excluding carboxylic acids is 1. The van der Waals surface area contributed by atoms with Crippen LogP contribution in [0.2, 0.25) is 0 Å². The van der Waals surface area contributed by atoms with Crippen molar-refractivity contribution in [3.8, 4) is 0 Å². The van der Waals surface area contributed by atoms with Crippen molar-refractivity contribution in [1.82, 2.24) is 9.21 Å². The highest BCUT2D eigenvalue weighted by Crippen LogP contribution is 2.19. The summed E-state index contributed by atoms with van der Waals surface area (Å²) >= 11 is 0. The molecule has 0 aromatic heterocycles. The fraction of sp³-hybridized carbons (Fsp3) is 0.562. The van der Waals surface area contributed by atoms with Gasteiger partial charge in [0.2, 0.25) is 15.9 Å². The van der Waals surface area contributed by atoms with Gasteiger partial charge in [0.15, 0.2) is 0 Å². The van der Waals surface area contributed by atoms with Gasteiger partial charge in [0.1, 0.15) is 0 Å². The van der Waals surface area contributed by atoms with Crippen LogP contribution in [0.25, 0.3) is 0 Å². The van der Waals surface area contributed by atoms with E-state index in [1.165, 1.54) is 4.31 Å². The number of rotatable bonds is 5. The van der Waals surface area contributed by atoms with Gasteiger partial charge in [-0.3, -0.25) is 4.79 Å². The second kappa shape index (κ2) is 7.42. The predicted octanol–water partition coefficient (Wildman–Crippen LogP) is 0.819. The summed E-state index contributed by atoms with van der Waals surface area (Å²) in [4.78, 5) is 13.8. The Balaban J connectivity index is 2.05. The van der Waals surface area contributed by atoms with E-state index in [9.17, 15) is 13.2 Å². The van der Waals surface area contributed by atoms with E-state index in [2.05, 4.69) is 6.92 Å². The zero-order valence-electron chi connectivity index (χ0n) is 13.7. The Morgan fingerprint density at radius 1 is 1.17 bits per heavy atom. The highest BCUT2D eigenvalue weighted by Gasteiger charge is 2.30. The molecule has 1 heterocycles. The molecule has 0 spiro atoms. The summed E-state index contributed by atoms with van der Waals surface area (Å²) in [5.41, 5.74) is 6.73. The smallest absolute Gasteiger partial charge is 0.243 e. The molecule has 2 N–H and O–H groups in total. The van der Waals surface area contributed by atoms with Crippen LogP contribution in [0.1, 0.15) is 25.8 Å². The standard InChI is InChI=1S/C16H25N3O3S/c1-3-4-14-5-7-15(8-6-14)23(21,22)19-11-9-18(10-12-19)16(20)13(2)17/h5-8,13H,3-4,9-12,17H2,1-2H3/t13-/m0/s1. The van der Waals surface area contributed by atoms with Crippen molar-refractivity contribution in [1.29, 1.82) is 0 Å². The Kier molecular flexibility index (Phi) is 5.78. The SMILES string of the molecule is CCCc1ccc(S(=O)(=O)N2CCN(C(=O)[C@H](C)N)CC2)cc1. The minimum Gasteiger partial charge on any atom is -0.339 e. The van der Waals surface area contributed by atoms with Crippen LogP contribution < -0.4 is 5.73 Å². The summed E-state index contributed by atoms with van der Waals surface area (Å²) in [6.45, 7) is 5.10. The molecular weight excluding hydrogens is 314 g/mol. The van der Waals surface area contributed by atoms with Gasteiger partial charge in [-0.25, -0.2) is 8.42 Å². The lowest BCUT2D eigenvalue weighted by Crippen LogP contribution is -2.53. The number of benzene rings is 1. The topological polar surface area (TPSA) is 83.7 Å². The second-order valence-electron chi connectivity index (χ2n) is 5.91. The summed E-state index contributed by atoms with van der Waals surface area (Å²) in [6.07, 6.45) is 1.97. The Morgan fingerprint density at radius 2 is 1.74 bits per heavy atom. The van der Waals surface area contributed by atoms with Gasteiger partial charge in [0, 0.05) is 26.2 Å². The number of piperazine rings is 1. The van der Waals surface area contributed by atoms with Crippen LogP contribution in [0, 0.1) is 0 Å². The molecule has 1 aromatic rings. The third-order valence-electron chi connectivity index (χ3n) is 4.04. The Labute approximate surface area is 138 Å². The number of nitrogens with two attached hydrogens (primary N) is 1. The lowest BCUT2D eigenvalue weighted by Gasteiger charge is -2.34. The lowest BCUT2D eigenvalue weighted by atomic mass is 10.1. The van der Waals surface area contributed by atoms with E-state index in [1.54, 1.807) is 24.0 Å². The number of hydrogen-bond acceptors (Lipinski definition) is 4. The molecule has 2 rings (SSSR count). The second-order valence-corrected chi connectivity index (χ2v) is 7.85. The molecule has 1 aliphatic rings. The van der Waals surface area contributed by atoms with E-state index in [4.69, 9.17) is 5.73 Å². The molecule has 1 amide bonds. The Morgan fingerprint density at radius 3 is 2.22 bits per heavy atom. The van der Waals surface area contributed by atoms with Gasteiger partial charge in [-0.05, 0) is 31.0 Å². The van der Waals surface area contributed by atoms with E-state index in [0.29, 0.717) is 31.1 Å². The van der Waals surface area contributed by atoms with Gasteiger partial charge >= 0.3 is 0 Å². The van der Waals surface area contributed by atoms with E-state index < -0.39 is 16.1 Å². The molecule has 0 unspecified atom stereocenters. The molecule has 1 aliphatic heterocycles. The summed E-state index contributed by atoms with van der Waals surface area (Å²) < 4.78 is 26.8. The van der Waals surface area contributed by atoms with Crippen molar-refractivity contribution >= 4 is 15.9 Å². The number of sulfonamides is 1. The number of nitrogens with zero attached hydrogens (tertiary/aromatic N) is 2. The maximum atomic E-state index is 12.7. The van der Waals surface area contributed by atoms with E-state index in [0.717, 1.165) is 18.4 Å². The molecule has 7 heteroatoms. The molecule has 128 valence electrons. The van der Waals surface area contributed by atoms with Gasteiger partial charge in [0.25, 0.3) is 0 Å². The molecular formula is C16H25N3O3S. The molecule has 1 fully saturated rings. The van der Waals surface area contributed by atoms with Gasteiger partial charge < -0.3 is 10.6 Å². The van der Waals surface area contributed by atoms with E-state index >= 15 is 0 Å². The third-order valence-corrected chi connectivity index (χ3v) is 5.95. The van der Waals surface area contributed by atoms with Crippen LogP contribution in [0.5, 0.6) is 0 Å². The molecule has 0 bridgehead atoms. The first-order valence-corrected chi connectivity index (χ1v) is 9.43. The minimum absolute atomic E-state index is 0.133. The van der Waals surface area contributed by atoms with Gasteiger partial charge in [0.05, 0.1) is 10.9 Å². The summed E-state index contributed by atoms with van der Waals surface area (Å²) in [6, 6.07) is 6.52. The molecule has 6 nitrogen and oxygen atoms in total. The highest BCUT2D eigenvalue weighted by molar-refractivity contribution is 7.89. The maximum Gasteiger partial charge on any atom is 0.243 e. The van der Waals surface area contributed by atoms with Gasteiger partial charge in [-0.15, -0.1) is 0 Å². The van der Waals surface area contributed by atoms with Crippen molar-refractivity contribution < 1.29 is 13.2 Å². The zero-order valence-corrected chi connectivity index (χ0v) is 14.6. The van der Waals surface area contributed by atoms with Gasteiger partial charge in [-0.1, -0.05) is 25.5 Å². The number of amides is 1. The summed E-state index contributed by atoms with van der Waals surface area (Å²) in [5, 5.41) is 0. The van der Waals surface area contributed by atoms with Crippen molar-refractivity contribution in [3.63, 3.8) is 0 Å². The normalized spacial score (nSPS) is 18.0. The van der Waals surface area contributed by atoms with Crippen LogP contribution >= 0.6 is 0 Å². The summed E-state index contributed by atoms with van der Waals surface area (Å²) in [7, 11) is -3.50. The third kappa shape index (κ3) is 4.10. The Bertz CT molecular complexity index is 633. The zero-order chi connectivity index (χ0) is 17.0. The molecule has 0 radical (unpaired) electrons. The highest BCUT2D eigenvalue weighted by atomic mass is 32.2. The molecule has 0 aliphatic carbocycles. The van der Waals surface area contributed by atoms with E-state index in [-0.39, 0.29) is 5.91 Å². The first-order chi connectivity index (χ1) is 10.9. The monoisotopic (exact) mass is 339 g/mol. The van der Waals surface area contributed by atoms with E-state index in [1.807, 2.05) is 12.1 Å². The lowest BCUT2D eigenvalue weighted by molar-refractivity contribution is -0.133. The first-order valence-electron chi connectivity index (χ1n) is 7.99. The average molecular weight is 339 g/mol. The van der Waals surface area contributed by atoms with Crippen molar-refractivity contribution in [2.24, 2.45) is 5.73 Å². The van der Waals surface area contributed by atoms with Crippen molar-refractivity contribution in [2.75, 3.05) is 26.2 Å². The average Bonchev–Trinajstić information content (AvgIpc) is 2.55. The quantitative estimate of drug-likeness (QED) is 0.861. The van der Waals surface area contributed by atoms with Crippen LogP contribution in [0.4, 0.5) is 0 Å². The number of hydrogen-bond donors (Lipinski definition) is 1. The maximum absolute atomic E-state index is 12.7. The molecule has 23 heavy (non-hydrogen) atoms. The number of carbonyl (C=O) groups is 1. The van der Waals surface area contributed by atoms with Crippen LogP contribution in [-0.2, 0) is 21.2 Å².